The minimum absolute atomic E-state index is 0.00963. The minimum atomic E-state index is -3.92. The summed E-state index contributed by atoms with van der Waals surface area (Å²) in [5.74, 6) is -0.969. The number of anilines is 2. The fourth-order valence-electron chi connectivity index (χ4n) is 3.31. The van der Waals surface area contributed by atoms with Crippen molar-refractivity contribution in [2.24, 2.45) is 0 Å². The monoisotopic (exact) mass is 466 g/mol. The molecule has 0 fully saturated rings. The highest BCUT2D eigenvalue weighted by molar-refractivity contribution is 7.92. The van der Waals surface area contributed by atoms with Crippen LogP contribution in [0, 0.1) is 20.8 Å². The first-order valence-electron chi connectivity index (χ1n) is 10.4. The summed E-state index contributed by atoms with van der Waals surface area (Å²) in [6.45, 7) is 7.14. The molecule has 0 aromatic heterocycles. The standard InChI is InChI=1S/C25H26N2O5S/c1-5-32-25(29)20-10-8-12-22(18(20)4)26-24(28)19-14-13-17(3)23(15-19)33(30,31)27-21-11-7-6-9-16(21)2/h6-15,27H,5H2,1-4H3,(H,26,28). The maximum absolute atomic E-state index is 13.0. The first-order chi connectivity index (χ1) is 15.6. The number of para-hydroxylation sites is 1. The molecule has 0 unspecified atom stereocenters. The van der Waals surface area contributed by atoms with Gasteiger partial charge in [0.15, 0.2) is 0 Å². The van der Waals surface area contributed by atoms with Crippen LogP contribution in [0.5, 0.6) is 0 Å². The molecule has 0 atom stereocenters. The van der Waals surface area contributed by atoms with Gasteiger partial charge in [0, 0.05) is 11.3 Å². The molecule has 3 aromatic rings. The van der Waals surface area contributed by atoms with Crippen LogP contribution < -0.4 is 10.0 Å². The minimum Gasteiger partial charge on any atom is -0.462 e. The Morgan fingerprint density at radius 2 is 1.58 bits per heavy atom. The van der Waals surface area contributed by atoms with Crippen LogP contribution in [-0.2, 0) is 14.8 Å². The number of benzene rings is 3. The zero-order valence-electron chi connectivity index (χ0n) is 18.9. The van der Waals surface area contributed by atoms with Gasteiger partial charge in [-0.2, -0.15) is 0 Å². The number of ether oxygens (including phenoxy) is 1. The number of rotatable bonds is 7. The van der Waals surface area contributed by atoms with Crippen LogP contribution in [0.25, 0.3) is 0 Å². The van der Waals surface area contributed by atoms with E-state index in [1.807, 2.05) is 6.07 Å². The number of esters is 1. The number of carbonyl (C=O) groups excluding carboxylic acids is 2. The second-order valence-corrected chi connectivity index (χ2v) is 9.20. The average Bonchev–Trinajstić information content (AvgIpc) is 2.77. The lowest BCUT2D eigenvalue weighted by molar-refractivity contribution is 0.0525. The molecule has 1 amide bonds. The number of carbonyl (C=O) groups is 2. The molecule has 172 valence electrons. The summed E-state index contributed by atoms with van der Waals surface area (Å²) in [5, 5.41) is 2.76. The van der Waals surface area contributed by atoms with E-state index in [4.69, 9.17) is 4.74 Å². The third-order valence-electron chi connectivity index (χ3n) is 5.21. The fraction of sp³-hybridized carbons (Fsp3) is 0.200. The van der Waals surface area contributed by atoms with Crippen molar-refractivity contribution < 1.29 is 22.7 Å². The van der Waals surface area contributed by atoms with Crippen molar-refractivity contribution in [2.75, 3.05) is 16.6 Å². The van der Waals surface area contributed by atoms with Gasteiger partial charge in [-0.25, -0.2) is 13.2 Å². The molecule has 33 heavy (non-hydrogen) atoms. The Morgan fingerprint density at radius 3 is 2.27 bits per heavy atom. The Labute approximate surface area is 193 Å². The van der Waals surface area contributed by atoms with E-state index < -0.39 is 21.9 Å². The van der Waals surface area contributed by atoms with Crippen LogP contribution in [0.3, 0.4) is 0 Å². The van der Waals surface area contributed by atoms with Crippen LogP contribution in [0.4, 0.5) is 11.4 Å². The zero-order chi connectivity index (χ0) is 24.2. The SMILES string of the molecule is CCOC(=O)c1cccc(NC(=O)c2ccc(C)c(S(=O)(=O)Nc3ccccc3C)c2)c1C. The average molecular weight is 467 g/mol. The lowest BCUT2D eigenvalue weighted by Crippen LogP contribution is -2.18. The molecule has 0 heterocycles. The summed E-state index contributed by atoms with van der Waals surface area (Å²) in [6.07, 6.45) is 0. The quantitative estimate of drug-likeness (QED) is 0.485. The Bertz CT molecular complexity index is 1320. The molecule has 0 aliphatic carbocycles. The van der Waals surface area contributed by atoms with Crippen LogP contribution in [0.15, 0.2) is 65.6 Å². The number of hydrogen-bond acceptors (Lipinski definition) is 5. The summed E-state index contributed by atoms with van der Waals surface area (Å²) < 4.78 is 33.7. The Morgan fingerprint density at radius 1 is 0.879 bits per heavy atom. The van der Waals surface area contributed by atoms with Gasteiger partial charge in [0.05, 0.1) is 22.8 Å². The van der Waals surface area contributed by atoms with Gasteiger partial charge in [-0.3, -0.25) is 9.52 Å². The van der Waals surface area contributed by atoms with Gasteiger partial charge < -0.3 is 10.1 Å². The van der Waals surface area contributed by atoms with E-state index in [2.05, 4.69) is 10.0 Å². The van der Waals surface area contributed by atoms with E-state index >= 15 is 0 Å². The highest BCUT2D eigenvalue weighted by atomic mass is 32.2. The second-order valence-electron chi connectivity index (χ2n) is 7.55. The summed E-state index contributed by atoms with van der Waals surface area (Å²) in [4.78, 5) is 25.1. The molecule has 3 rings (SSSR count). The summed E-state index contributed by atoms with van der Waals surface area (Å²) in [7, 11) is -3.92. The van der Waals surface area contributed by atoms with E-state index in [0.717, 1.165) is 5.56 Å². The van der Waals surface area contributed by atoms with E-state index in [-0.39, 0.29) is 17.1 Å². The van der Waals surface area contributed by atoms with Gasteiger partial charge in [0.2, 0.25) is 0 Å². The molecule has 0 aliphatic heterocycles. The van der Waals surface area contributed by atoms with E-state index in [9.17, 15) is 18.0 Å². The summed E-state index contributed by atoms with van der Waals surface area (Å²) in [6, 6.07) is 16.5. The lowest BCUT2D eigenvalue weighted by atomic mass is 10.1. The summed E-state index contributed by atoms with van der Waals surface area (Å²) >= 11 is 0. The van der Waals surface area contributed by atoms with E-state index in [1.54, 1.807) is 76.2 Å². The van der Waals surface area contributed by atoms with Gasteiger partial charge in [-0.15, -0.1) is 0 Å². The lowest BCUT2D eigenvalue weighted by Gasteiger charge is -2.14. The molecular weight excluding hydrogens is 440 g/mol. The third kappa shape index (κ3) is 5.40. The van der Waals surface area contributed by atoms with Crippen molar-refractivity contribution in [1.29, 1.82) is 0 Å². The molecule has 3 aromatic carbocycles. The Balaban J connectivity index is 1.89. The summed E-state index contributed by atoms with van der Waals surface area (Å²) in [5.41, 5.74) is 3.28. The molecular formula is C25H26N2O5S. The molecule has 8 heteroatoms. The molecule has 0 bridgehead atoms. The molecule has 0 saturated heterocycles. The predicted octanol–water partition coefficient (Wildman–Crippen LogP) is 4.84. The van der Waals surface area contributed by atoms with E-state index in [0.29, 0.717) is 28.1 Å². The molecule has 0 spiro atoms. The maximum atomic E-state index is 13.0. The van der Waals surface area contributed by atoms with Gasteiger partial charge in [0.25, 0.3) is 15.9 Å². The van der Waals surface area contributed by atoms with Gasteiger partial charge in [0.1, 0.15) is 0 Å². The van der Waals surface area contributed by atoms with Crippen molar-refractivity contribution >= 4 is 33.3 Å². The number of hydrogen-bond donors (Lipinski definition) is 2. The highest BCUT2D eigenvalue weighted by Crippen LogP contribution is 2.24. The Kier molecular flexibility index (Phi) is 7.18. The van der Waals surface area contributed by atoms with Gasteiger partial charge in [-0.05, 0) is 74.7 Å². The zero-order valence-corrected chi connectivity index (χ0v) is 19.7. The van der Waals surface area contributed by atoms with Crippen molar-refractivity contribution in [3.63, 3.8) is 0 Å². The predicted molar refractivity (Wildman–Crippen MR) is 128 cm³/mol. The third-order valence-corrected chi connectivity index (χ3v) is 6.71. The molecule has 0 saturated carbocycles. The number of aryl methyl sites for hydroxylation is 2. The second kappa shape index (κ2) is 9.87. The normalized spacial score (nSPS) is 11.0. The number of sulfonamides is 1. The van der Waals surface area contributed by atoms with Gasteiger partial charge >= 0.3 is 5.97 Å². The molecule has 2 N–H and O–H groups in total. The van der Waals surface area contributed by atoms with Crippen LogP contribution in [0.1, 0.15) is 44.3 Å². The Hall–Kier alpha value is -3.65. The topological polar surface area (TPSA) is 102 Å². The van der Waals surface area contributed by atoms with Crippen LogP contribution >= 0.6 is 0 Å². The molecule has 0 aliphatic rings. The van der Waals surface area contributed by atoms with Crippen LogP contribution in [0.2, 0.25) is 0 Å². The van der Waals surface area contributed by atoms with Crippen molar-refractivity contribution in [3.8, 4) is 0 Å². The van der Waals surface area contributed by atoms with Gasteiger partial charge in [-0.1, -0.05) is 30.3 Å². The van der Waals surface area contributed by atoms with Crippen LogP contribution in [-0.4, -0.2) is 26.9 Å². The highest BCUT2D eigenvalue weighted by Gasteiger charge is 2.21. The largest absolute Gasteiger partial charge is 0.462 e. The van der Waals surface area contributed by atoms with Crippen molar-refractivity contribution in [1.82, 2.24) is 0 Å². The smallest absolute Gasteiger partial charge is 0.338 e. The molecule has 7 nitrogen and oxygen atoms in total. The maximum Gasteiger partial charge on any atom is 0.338 e. The van der Waals surface area contributed by atoms with E-state index in [1.165, 1.54) is 6.07 Å². The number of nitrogens with one attached hydrogen (secondary N) is 2. The van der Waals surface area contributed by atoms with Crippen molar-refractivity contribution in [2.45, 2.75) is 32.6 Å². The first kappa shape index (κ1) is 24.0. The number of amides is 1. The fourth-order valence-corrected chi connectivity index (χ4v) is 4.72. The van der Waals surface area contributed by atoms with Crippen molar-refractivity contribution in [3.05, 3.63) is 88.5 Å². The molecule has 0 radical (unpaired) electrons. The first-order valence-corrected chi connectivity index (χ1v) is 11.9.